The number of carboxylic acids is 1. The second kappa shape index (κ2) is 4.70. The average Bonchev–Trinajstić information content (AvgIpc) is 2.84. The Bertz CT molecular complexity index is 366. The first-order valence-electron chi connectivity index (χ1n) is 5.68. The van der Waals surface area contributed by atoms with Crippen molar-refractivity contribution >= 4 is 5.97 Å². The van der Waals surface area contributed by atoms with Crippen molar-refractivity contribution in [3.8, 4) is 0 Å². The summed E-state index contributed by atoms with van der Waals surface area (Å²) in [6.45, 7) is 4.40. The minimum Gasteiger partial charge on any atom is -0.481 e. The maximum Gasteiger partial charge on any atom is 0.315 e. The number of aryl methyl sites for hydroxylation is 1. The summed E-state index contributed by atoms with van der Waals surface area (Å²) >= 11 is 0. The maximum atomic E-state index is 11.2. The van der Waals surface area contributed by atoms with Gasteiger partial charge >= 0.3 is 5.97 Å². The van der Waals surface area contributed by atoms with Gasteiger partial charge in [0.15, 0.2) is 0 Å². The van der Waals surface area contributed by atoms with E-state index >= 15 is 0 Å². The molecular weight excluding hydrogens is 206 g/mol. The summed E-state index contributed by atoms with van der Waals surface area (Å²) in [6, 6.07) is 3.58. The van der Waals surface area contributed by atoms with Crippen LogP contribution in [-0.4, -0.2) is 35.6 Å². The van der Waals surface area contributed by atoms with E-state index in [4.69, 9.17) is 4.42 Å². The summed E-state index contributed by atoms with van der Waals surface area (Å²) in [5, 5.41) is 9.21. The van der Waals surface area contributed by atoms with Crippen molar-refractivity contribution in [1.82, 2.24) is 4.90 Å². The van der Waals surface area contributed by atoms with E-state index in [0.717, 1.165) is 18.8 Å². The molecule has 0 spiro atoms. The van der Waals surface area contributed by atoms with Crippen LogP contribution in [0.5, 0.6) is 0 Å². The van der Waals surface area contributed by atoms with Crippen LogP contribution in [0.1, 0.15) is 30.3 Å². The molecule has 1 aromatic rings. The molecule has 2 heterocycles. The first-order chi connectivity index (χ1) is 7.66. The van der Waals surface area contributed by atoms with Crippen LogP contribution in [0.15, 0.2) is 16.5 Å². The summed E-state index contributed by atoms with van der Waals surface area (Å²) in [7, 11) is 0. The zero-order valence-electron chi connectivity index (χ0n) is 9.48. The molecule has 1 aliphatic rings. The van der Waals surface area contributed by atoms with E-state index in [-0.39, 0.29) is 0 Å². The van der Waals surface area contributed by atoms with Gasteiger partial charge in [-0.05, 0) is 45.0 Å². The van der Waals surface area contributed by atoms with Crippen LogP contribution >= 0.6 is 0 Å². The molecule has 16 heavy (non-hydrogen) atoms. The Labute approximate surface area is 94.9 Å². The van der Waals surface area contributed by atoms with E-state index in [9.17, 15) is 9.90 Å². The molecule has 4 nitrogen and oxygen atoms in total. The van der Waals surface area contributed by atoms with Crippen molar-refractivity contribution in [2.45, 2.75) is 25.7 Å². The number of nitrogens with zero attached hydrogens (tertiary/aromatic N) is 1. The minimum atomic E-state index is -0.804. The molecule has 1 unspecified atom stereocenters. The van der Waals surface area contributed by atoms with Gasteiger partial charge in [0, 0.05) is 6.54 Å². The Morgan fingerprint density at radius 1 is 1.50 bits per heavy atom. The molecule has 0 aliphatic carbocycles. The number of carbonyl (C=O) groups is 1. The Morgan fingerprint density at radius 2 is 2.19 bits per heavy atom. The van der Waals surface area contributed by atoms with Crippen LogP contribution in [0.3, 0.4) is 0 Å². The van der Waals surface area contributed by atoms with Crippen molar-refractivity contribution in [1.29, 1.82) is 0 Å². The molecule has 1 aromatic heterocycles. The van der Waals surface area contributed by atoms with Gasteiger partial charge in [0.25, 0.3) is 0 Å². The second-order valence-electron chi connectivity index (χ2n) is 4.35. The van der Waals surface area contributed by atoms with Gasteiger partial charge in [-0.15, -0.1) is 0 Å². The third-order valence-corrected chi connectivity index (χ3v) is 3.04. The van der Waals surface area contributed by atoms with Crippen LogP contribution < -0.4 is 0 Å². The van der Waals surface area contributed by atoms with Gasteiger partial charge in [0.2, 0.25) is 0 Å². The zero-order valence-corrected chi connectivity index (χ0v) is 9.48. The fourth-order valence-corrected chi connectivity index (χ4v) is 2.15. The van der Waals surface area contributed by atoms with Crippen LogP contribution in [0, 0.1) is 6.92 Å². The van der Waals surface area contributed by atoms with Gasteiger partial charge in [-0.1, -0.05) is 0 Å². The molecule has 1 aliphatic heterocycles. The molecule has 4 heteroatoms. The summed E-state index contributed by atoms with van der Waals surface area (Å²) < 4.78 is 5.41. The molecule has 1 atom stereocenters. The summed E-state index contributed by atoms with van der Waals surface area (Å²) in [6.07, 6.45) is 2.34. The molecular formula is C12H17NO3. The lowest BCUT2D eigenvalue weighted by molar-refractivity contribution is -0.139. The first-order valence-corrected chi connectivity index (χ1v) is 5.68. The quantitative estimate of drug-likeness (QED) is 0.846. The van der Waals surface area contributed by atoms with E-state index in [1.807, 2.05) is 13.0 Å². The van der Waals surface area contributed by atoms with Crippen LogP contribution in [0.25, 0.3) is 0 Å². The van der Waals surface area contributed by atoms with E-state index in [1.54, 1.807) is 6.07 Å². The molecule has 0 bridgehead atoms. The van der Waals surface area contributed by atoms with Crippen molar-refractivity contribution in [2.75, 3.05) is 19.6 Å². The van der Waals surface area contributed by atoms with E-state index < -0.39 is 11.9 Å². The minimum absolute atomic E-state index is 0.535. The van der Waals surface area contributed by atoms with Gasteiger partial charge in [0.05, 0.1) is 0 Å². The number of aliphatic carboxylic acids is 1. The maximum absolute atomic E-state index is 11.2. The first kappa shape index (κ1) is 11.2. The Hall–Kier alpha value is -1.29. The van der Waals surface area contributed by atoms with Crippen molar-refractivity contribution in [3.05, 3.63) is 23.7 Å². The van der Waals surface area contributed by atoms with E-state index in [2.05, 4.69) is 4.90 Å². The Morgan fingerprint density at radius 3 is 2.69 bits per heavy atom. The highest BCUT2D eigenvalue weighted by Crippen LogP contribution is 2.22. The largest absolute Gasteiger partial charge is 0.481 e. The predicted octanol–water partition coefficient (Wildman–Crippen LogP) is 1.85. The molecule has 1 fully saturated rings. The number of furan rings is 1. The van der Waals surface area contributed by atoms with Crippen LogP contribution in [-0.2, 0) is 4.79 Å². The highest BCUT2D eigenvalue weighted by Gasteiger charge is 2.27. The highest BCUT2D eigenvalue weighted by atomic mass is 16.4. The number of hydrogen-bond donors (Lipinski definition) is 1. The van der Waals surface area contributed by atoms with Gasteiger partial charge < -0.3 is 14.4 Å². The third-order valence-electron chi connectivity index (χ3n) is 3.04. The number of hydrogen-bond acceptors (Lipinski definition) is 3. The van der Waals surface area contributed by atoms with Crippen molar-refractivity contribution in [3.63, 3.8) is 0 Å². The molecule has 0 aromatic carbocycles. The molecule has 88 valence electrons. The number of rotatable bonds is 4. The Kier molecular flexibility index (Phi) is 3.29. The second-order valence-corrected chi connectivity index (χ2v) is 4.35. The van der Waals surface area contributed by atoms with Gasteiger partial charge in [-0.3, -0.25) is 4.79 Å². The summed E-state index contributed by atoms with van der Waals surface area (Å²) in [5.41, 5.74) is 0. The van der Waals surface area contributed by atoms with Gasteiger partial charge in [0.1, 0.15) is 17.4 Å². The summed E-state index contributed by atoms with van der Waals surface area (Å²) in [5.74, 6) is -0.00683. The van der Waals surface area contributed by atoms with Gasteiger partial charge in [-0.25, -0.2) is 0 Å². The van der Waals surface area contributed by atoms with Crippen molar-refractivity contribution in [2.24, 2.45) is 0 Å². The van der Waals surface area contributed by atoms with Gasteiger partial charge in [-0.2, -0.15) is 0 Å². The lowest BCUT2D eigenvalue weighted by Crippen LogP contribution is -2.29. The third kappa shape index (κ3) is 2.44. The molecule has 0 amide bonds. The molecule has 1 saturated heterocycles. The molecule has 0 radical (unpaired) electrons. The zero-order chi connectivity index (χ0) is 11.5. The number of carboxylic acid groups (broad SMARTS) is 1. The van der Waals surface area contributed by atoms with Crippen LogP contribution in [0.4, 0.5) is 0 Å². The van der Waals surface area contributed by atoms with Crippen LogP contribution in [0.2, 0.25) is 0 Å². The molecule has 1 N–H and O–H groups in total. The standard InChI is InChI=1S/C12H17NO3/c1-9-4-5-11(16-9)10(12(14)15)8-13-6-2-3-7-13/h4-5,10H,2-3,6-8H2,1H3,(H,14,15). The molecule has 0 saturated carbocycles. The highest BCUT2D eigenvalue weighted by molar-refractivity contribution is 5.75. The smallest absolute Gasteiger partial charge is 0.315 e. The average molecular weight is 223 g/mol. The number of likely N-dealkylation sites (tertiary alicyclic amines) is 1. The van der Waals surface area contributed by atoms with Crippen molar-refractivity contribution < 1.29 is 14.3 Å². The normalized spacial score (nSPS) is 18.8. The fourth-order valence-electron chi connectivity index (χ4n) is 2.15. The Balaban J connectivity index is 2.07. The summed E-state index contributed by atoms with van der Waals surface area (Å²) in [4.78, 5) is 13.4. The monoisotopic (exact) mass is 223 g/mol. The fraction of sp³-hybridized carbons (Fsp3) is 0.583. The molecule has 2 rings (SSSR count). The topological polar surface area (TPSA) is 53.7 Å². The lowest BCUT2D eigenvalue weighted by Gasteiger charge is -2.18. The van der Waals surface area contributed by atoms with E-state index in [1.165, 1.54) is 12.8 Å². The lowest BCUT2D eigenvalue weighted by atomic mass is 10.1. The predicted molar refractivity (Wildman–Crippen MR) is 59.5 cm³/mol. The SMILES string of the molecule is Cc1ccc(C(CN2CCCC2)C(=O)O)o1. The van der Waals surface area contributed by atoms with E-state index in [0.29, 0.717) is 12.3 Å².